The zero-order valence-electron chi connectivity index (χ0n) is 20.6. The van der Waals surface area contributed by atoms with Gasteiger partial charge in [0, 0.05) is 25.6 Å². The summed E-state index contributed by atoms with van der Waals surface area (Å²) >= 11 is 0. The Morgan fingerprint density at radius 3 is 2.54 bits per heavy atom. The summed E-state index contributed by atoms with van der Waals surface area (Å²) in [4.78, 5) is 32.4. The number of nitrogens with zero attached hydrogens (tertiary/aromatic N) is 2. The summed E-state index contributed by atoms with van der Waals surface area (Å²) in [6.45, 7) is 4.55. The van der Waals surface area contributed by atoms with Crippen molar-refractivity contribution < 1.29 is 9.59 Å². The minimum atomic E-state index is -0.634. The summed E-state index contributed by atoms with van der Waals surface area (Å²) in [7, 11) is 0. The smallest absolute Gasteiger partial charge is 0.294 e. The summed E-state index contributed by atoms with van der Waals surface area (Å²) in [5, 5.41) is 11.2. The van der Waals surface area contributed by atoms with E-state index in [4.69, 9.17) is 11.1 Å². The molecule has 1 heterocycles. The summed E-state index contributed by atoms with van der Waals surface area (Å²) in [6.07, 6.45) is 5.82. The van der Waals surface area contributed by atoms with Crippen LogP contribution in [0, 0.1) is 52.2 Å². The Balaban J connectivity index is 1.04. The summed E-state index contributed by atoms with van der Waals surface area (Å²) in [6, 6.07) is 10.3. The Hall–Kier alpha value is -2.54. The number of benzene rings is 1. The summed E-state index contributed by atoms with van der Waals surface area (Å²) in [5.74, 6) is 3.52. The van der Waals surface area contributed by atoms with Crippen LogP contribution in [0.25, 0.3) is 0 Å². The zero-order valence-corrected chi connectivity index (χ0v) is 20.6. The van der Waals surface area contributed by atoms with Gasteiger partial charge in [0.05, 0.1) is 12.0 Å². The van der Waals surface area contributed by atoms with Gasteiger partial charge in [0.15, 0.2) is 0 Å². The number of rotatable bonds is 7. The third kappa shape index (κ3) is 3.83. The molecular formula is C28H37N5O2. The van der Waals surface area contributed by atoms with E-state index in [9.17, 15) is 9.59 Å². The van der Waals surface area contributed by atoms with Gasteiger partial charge in [-0.05, 0) is 73.2 Å². The van der Waals surface area contributed by atoms with Gasteiger partial charge in [0.1, 0.15) is 11.5 Å². The highest BCUT2D eigenvalue weighted by Crippen LogP contribution is 2.73. The SMILES string of the molecule is CC1CN(Cc2ccccc2)CC1C(N)=NC(=O)C(=N)CNC(=O)C12CC3CC4CC(C1)C3C2C4. The molecule has 6 bridgehead atoms. The molecule has 0 radical (unpaired) electrons. The van der Waals surface area contributed by atoms with E-state index in [0.29, 0.717) is 11.8 Å². The van der Waals surface area contributed by atoms with Crippen LogP contribution in [0.2, 0.25) is 0 Å². The van der Waals surface area contributed by atoms with Gasteiger partial charge in [-0.25, -0.2) is 0 Å². The molecule has 7 rings (SSSR count). The van der Waals surface area contributed by atoms with Crippen LogP contribution < -0.4 is 11.1 Å². The van der Waals surface area contributed by atoms with Gasteiger partial charge in [-0.1, -0.05) is 37.3 Å². The van der Waals surface area contributed by atoms with Crippen molar-refractivity contribution in [3.63, 3.8) is 0 Å². The molecule has 1 saturated heterocycles. The topological polar surface area (TPSA) is 112 Å². The van der Waals surface area contributed by atoms with Gasteiger partial charge in [-0.15, -0.1) is 0 Å². The maximum absolute atomic E-state index is 13.3. The van der Waals surface area contributed by atoms with E-state index >= 15 is 0 Å². The molecule has 0 aromatic heterocycles. The lowest BCUT2D eigenvalue weighted by Gasteiger charge is -2.44. The van der Waals surface area contributed by atoms with E-state index in [2.05, 4.69) is 34.3 Å². The highest BCUT2D eigenvalue weighted by Gasteiger charge is 2.69. The predicted octanol–water partition coefficient (Wildman–Crippen LogP) is 2.85. The van der Waals surface area contributed by atoms with E-state index in [1.54, 1.807) is 0 Å². The fourth-order valence-corrected chi connectivity index (χ4v) is 8.84. The molecule has 4 N–H and O–H groups in total. The van der Waals surface area contributed by atoms with Gasteiger partial charge < -0.3 is 11.1 Å². The molecule has 5 unspecified atom stereocenters. The number of carbonyl (C=O) groups is 2. The number of amides is 2. The molecule has 1 aliphatic heterocycles. The molecule has 186 valence electrons. The van der Waals surface area contributed by atoms with Crippen LogP contribution in [-0.4, -0.2) is 47.9 Å². The maximum Gasteiger partial charge on any atom is 0.294 e. The molecule has 7 nitrogen and oxygen atoms in total. The van der Waals surface area contributed by atoms with Crippen molar-refractivity contribution in [3.8, 4) is 0 Å². The van der Waals surface area contributed by atoms with Crippen molar-refractivity contribution in [2.75, 3.05) is 19.6 Å². The van der Waals surface area contributed by atoms with Crippen molar-refractivity contribution in [1.82, 2.24) is 10.2 Å². The Labute approximate surface area is 207 Å². The standard InChI is InChI=1S/C28H37N5O2/c1-16-13-33(14-17-5-3-2-4-6-17)15-21(16)25(30)32-26(34)23(29)12-31-27(35)28-10-19-7-18-8-20(11-28)24(19)22(28)9-18/h2-6,16,18-22,24,29H,7-15H2,1H3,(H,31,35)(H2,30,32,34). The quantitative estimate of drug-likeness (QED) is 0.416. The van der Waals surface area contributed by atoms with Crippen LogP contribution in [0.4, 0.5) is 0 Å². The second kappa shape index (κ2) is 8.54. The predicted molar refractivity (Wildman–Crippen MR) is 135 cm³/mol. The van der Waals surface area contributed by atoms with E-state index < -0.39 is 5.91 Å². The molecule has 6 fully saturated rings. The largest absolute Gasteiger partial charge is 0.387 e. The molecule has 1 aromatic rings. The van der Waals surface area contributed by atoms with Gasteiger partial charge in [0.2, 0.25) is 5.91 Å². The number of hydrogen-bond acceptors (Lipinski definition) is 4. The fourth-order valence-electron chi connectivity index (χ4n) is 8.84. The van der Waals surface area contributed by atoms with Crippen LogP contribution >= 0.6 is 0 Å². The van der Waals surface area contributed by atoms with Crippen LogP contribution in [-0.2, 0) is 16.1 Å². The first-order chi connectivity index (χ1) is 16.8. The molecule has 5 atom stereocenters. The number of aliphatic imine (C=N–C) groups is 1. The first kappa shape index (κ1) is 22.9. The van der Waals surface area contributed by atoms with Crippen LogP contribution in [0.5, 0.6) is 0 Å². The number of amidine groups is 1. The van der Waals surface area contributed by atoms with Crippen molar-refractivity contribution >= 4 is 23.4 Å². The lowest BCUT2D eigenvalue weighted by Crippen LogP contribution is -2.44. The van der Waals surface area contributed by atoms with Gasteiger partial charge in [-0.3, -0.25) is 19.9 Å². The van der Waals surface area contributed by atoms with E-state index in [0.717, 1.165) is 56.1 Å². The molecule has 5 saturated carbocycles. The minimum absolute atomic E-state index is 0.0105. The van der Waals surface area contributed by atoms with Crippen LogP contribution in [0.3, 0.4) is 0 Å². The van der Waals surface area contributed by atoms with Crippen molar-refractivity contribution in [3.05, 3.63) is 35.9 Å². The Bertz CT molecular complexity index is 1050. The third-order valence-electron chi connectivity index (χ3n) is 10.1. The third-order valence-corrected chi connectivity index (χ3v) is 10.1. The number of hydrogen-bond donors (Lipinski definition) is 3. The molecule has 2 amide bonds. The monoisotopic (exact) mass is 475 g/mol. The molecular weight excluding hydrogens is 438 g/mol. The first-order valence-electron chi connectivity index (χ1n) is 13.3. The Morgan fingerprint density at radius 2 is 1.86 bits per heavy atom. The van der Waals surface area contributed by atoms with Crippen molar-refractivity contribution in [2.45, 2.75) is 45.6 Å². The lowest BCUT2D eigenvalue weighted by atomic mass is 9.61. The van der Waals surface area contributed by atoms with E-state index in [1.807, 2.05) is 18.2 Å². The van der Waals surface area contributed by atoms with Crippen molar-refractivity contribution in [1.29, 1.82) is 5.41 Å². The highest BCUT2D eigenvalue weighted by molar-refractivity contribution is 6.40. The van der Waals surface area contributed by atoms with Gasteiger partial charge in [0.25, 0.3) is 5.91 Å². The van der Waals surface area contributed by atoms with Crippen LogP contribution in [0.1, 0.15) is 44.6 Å². The fraction of sp³-hybridized carbons (Fsp3) is 0.643. The second-order valence-electron chi connectivity index (χ2n) is 12.1. The number of nitrogens with one attached hydrogen (secondary N) is 2. The normalized spacial score (nSPS) is 39.3. The van der Waals surface area contributed by atoms with Gasteiger partial charge >= 0.3 is 0 Å². The molecule has 0 spiro atoms. The average Bonchev–Trinajstić information content (AvgIpc) is 3.40. The van der Waals surface area contributed by atoms with Gasteiger partial charge in [-0.2, -0.15) is 4.99 Å². The first-order valence-corrected chi connectivity index (χ1v) is 13.3. The number of nitrogens with two attached hydrogens (primary N) is 1. The Kier molecular flexibility index (Phi) is 5.59. The van der Waals surface area contributed by atoms with E-state index in [-0.39, 0.29) is 35.4 Å². The average molecular weight is 476 g/mol. The molecule has 6 aliphatic rings. The van der Waals surface area contributed by atoms with Crippen molar-refractivity contribution in [2.24, 2.45) is 57.6 Å². The highest BCUT2D eigenvalue weighted by atomic mass is 16.2. The summed E-state index contributed by atoms with van der Waals surface area (Å²) < 4.78 is 0. The molecule has 7 heteroatoms. The maximum atomic E-state index is 13.3. The van der Waals surface area contributed by atoms with E-state index in [1.165, 1.54) is 24.8 Å². The minimum Gasteiger partial charge on any atom is -0.387 e. The number of likely N-dealkylation sites (tertiary alicyclic amines) is 1. The second-order valence-corrected chi connectivity index (χ2v) is 12.1. The summed E-state index contributed by atoms with van der Waals surface area (Å²) in [5.41, 5.74) is 7.07. The zero-order chi connectivity index (χ0) is 24.3. The molecule has 5 aliphatic carbocycles. The molecule has 1 aromatic carbocycles. The van der Waals surface area contributed by atoms with Crippen LogP contribution in [0.15, 0.2) is 35.3 Å². The lowest BCUT2D eigenvalue weighted by molar-refractivity contribution is -0.132. The molecule has 35 heavy (non-hydrogen) atoms. The number of carbonyl (C=O) groups excluding carboxylic acids is 2. The Morgan fingerprint density at radius 1 is 1.14 bits per heavy atom.